The topological polar surface area (TPSA) is 66.0 Å². The number of benzene rings is 2. The maximum absolute atomic E-state index is 11.7. The fourth-order valence-electron chi connectivity index (χ4n) is 2.11. The summed E-state index contributed by atoms with van der Waals surface area (Å²) in [7, 11) is 0. The van der Waals surface area contributed by atoms with Crippen molar-refractivity contribution < 1.29 is 5.11 Å². The molecule has 0 radical (unpaired) electrons. The predicted octanol–water partition coefficient (Wildman–Crippen LogP) is 2.22. The summed E-state index contributed by atoms with van der Waals surface area (Å²) in [5.74, 6) is 0.266. The van der Waals surface area contributed by atoms with Gasteiger partial charge in [0.25, 0.3) is 5.56 Å². The number of hydrogen-bond donors (Lipinski definition) is 2. The summed E-state index contributed by atoms with van der Waals surface area (Å²) in [5, 5.41) is 10.3. The number of phenolic OH excluding ortho intramolecular Hbond substituents is 1. The molecule has 4 nitrogen and oxygen atoms in total. The average Bonchev–Trinajstić information content (AvgIpc) is 2.42. The summed E-state index contributed by atoms with van der Waals surface area (Å²) in [6.45, 7) is 0. The fourth-order valence-corrected chi connectivity index (χ4v) is 2.11. The van der Waals surface area contributed by atoms with Crippen LogP contribution < -0.4 is 5.56 Å². The summed E-state index contributed by atoms with van der Waals surface area (Å²) >= 11 is 0. The summed E-state index contributed by atoms with van der Waals surface area (Å²) in [6, 6.07) is 12.7. The Hall–Kier alpha value is -2.62. The van der Waals surface area contributed by atoms with Gasteiger partial charge in [-0.2, -0.15) is 0 Å². The van der Waals surface area contributed by atoms with Gasteiger partial charge in [-0.25, -0.2) is 4.98 Å². The quantitative estimate of drug-likeness (QED) is 0.735. The van der Waals surface area contributed by atoms with Crippen molar-refractivity contribution in [2.75, 3.05) is 0 Å². The Morgan fingerprint density at radius 2 is 2.00 bits per heavy atom. The standard InChI is InChI=1S/C15H12N2O2/c18-14-4-2-1-3-11(14)7-10-5-6-13-12(8-10)15(19)17-9-16-13/h1-6,8-9,18H,7H2,(H,16,17,19). The molecule has 0 aliphatic heterocycles. The number of nitrogens with one attached hydrogen (secondary N) is 1. The average molecular weight is 252 g/mol. The Kier molecular flexibility index (Phi) is 2.76. The van der Waals surface area contributed by atoms with Crippen molar-refractivity contribution in [3.05, 3.63) is 70.3 Å². The third-order valence-corrected chi connectivity index (χ3v) is 3.09. The van der Waals surface area contributed by atoms with Crippen LogP contribution in [0.5, 0.6) is 5.75 Å². The monoisotopic (exact) mass is 252 g/mol. The number of fused-ring (bicyclic) bond motifs is 1. The van der Waals surface area contributed by atoms with Gasteiger partial charge in [0.2, 0.25) is 0 Å². The molecular formula is C15H12N2O2. The molecule has 1 aromatic heterocycles. The highest BCUT2D eigenvalue weighted by atomic mass is 16.3. The van der Waals surface area contributed by atoms with Crippen molar-refractivity contribution in [2.24, 2.45) is 0 Å². The zero-order chi connectivity index (χ0) is 13.2. The molecule has 0 atom stereocenters. The van der Waals surface area contributed by atoms with Crippen molar-refractivity contribution in [1.29, 1.82) is 0 Å². The number of hydrogen-bond acceptors (Lipinski definition) is 3. The normalized spacial score (nSPS) is 10.7. The van der Waals surface area contributed by atoms with Gasteiger partial charge in [0.05, 0.1) is 17.2 Å². The number of para-hydroxylation sites is 1. The molecule has 4 heteroatoms. The number of rotatable bonds is 2. The van der Waals surface area contributed by atoms with Crippen LogP contribution in [0.1, 0.15) is 11.1 Å². The number of aromatic nitrogens is 2. The highest BCUT2D eigenvalue weighted by Crippen LogP contribution is 2.20. The molecule has 19 heavy (non-hydrogen) atoms. The van der Waals surface area contributed by atoms with E-state index in [1.807, 2.05) is 30.3 Å². The van der Waals surface area contributed by atoms with Gasteiger partial charge in [-0.05, 0) is 29.3 Å². The van der Waals surface area contributed by atoms with Crippen LogP contribution >= 0.6 is 0 Å². The van der Waals surface area contributed by atoms with E-state index in [4.69, 9.17) is 0 Å². The SMILES string of the molecule is O=c1[nH]cnc2ccc(Cc3ccccc3O)cc12. The maximum Gasteiger partial charge on any atom is 0.258 e. The molecule has 0 unspecified atom stereocenters. The predicted molar refractivity (Wildman–Crippen MR) is 73.3 cm³/mol. The van der Waals surface area contributed by atoms with Crippen LogP contribution in [0.4, 0.5) is 0 Å². The zero-order valence-corrected chi connectivity index (χ0v) is 10.1. The third kappa shape index (κ3) is 2.20. The molecule has 0 saturated heterocycles. The summed E-state index contributed by atoms with van der Waals surface area (Å²) in [5.41, 5.74) is 2.32. The van der Waals surface area contributed by atoms with Crippen molar-refractivity contribution in [1.82, 2.24) is 9.97 Å². The van der Waals surface area contributed by atoms with E-state index in [0.717, 1.165) is 11.1 Å². The molecule has 1 heterocycles. The molecule has 0 bridgehead atoms. The number of H-pyrrole nitrogens is 1. The molecule has 2 N–H and O–H groups in total. The van der Waals surface area contributed by atoms with Gasteiger partial charge < -0.3 is 10.1 Å². The summed E-state index contributed by atoms with van der Waals surface area (Å²) in [4.78, 5) is 18.4. The van der Waals surface area contributed by atoms with E-state index in [2.05, 4.69) is 9.97 Å². The van der Waals surface area contributed by atoms with E-state index in [1.165, 1.54) is 6.33 Å². The maximum atomic E-state index is 11.7. The first-order chi connectivity index (χ1) is 9.24. The second-order valence-corrected chi connectivity index (χ2v) is 4.39. The number of nitrogens with zero attached hydrogens (tertiary/aromatic N) is 1. The van der Waals surface area contributed by atoms with Gasteiger partial charge in [-0.1, -0.05) is 24.3 Å². The lowest BCUT2D eigenvalue weighted by atomic mass is 10.0. The minimum absolute atomic E-state index is 0.149. The number of aromatic hydroxyl groups is 1. The van der Waals surface area contributed by atoms with Crippen LogP contribution in [0, 0.1) is 0 Å². The minimum atomic E-state index is -0.149. The zero-order valence-electron chi connectivity index (χ0n) is 10.1. The molecule has 0 aliphatic carbocycles. The van der Waals surface area contributed by atoms with E-state index >= 15 is 0 Å². The van der Waals surface area contributed by atoms with Gasteiger partial charge in [0.1, 0.15) is 5.75 Å². The first kappa shape index (κ1) is 11.5. The summed E-state index contributed by atoms with van der Waals surface area (Å²) < 4.78 is 0. The Morgan fingerprint density at radius 1 is 1.16 bits per heavy atom. The van der Waals surface area contributed by atoms with Crippen molar-refractivity contribution in [3.8, 4) is 5.75 Å². The third-order valence-electron chi connectivity index (χ3n) is 3.09. The molecule has 3 rings (SSSR count). The van der Waals surface area contributed by atoms with E-state index < -0.39 is 0 Å². The Morgan fingerprint density at radius 3 is 2.84 bits per heavy atom. The lowest BCUT2D eigenvalue weighted by Gasteiger charge is -2.05. The minimum Gasteiger partial charge on any atom is -0.508 e. The first-order valence-electron chi connectivity index (χ1n) is 5.97. The molecule has 0 aliphatic rings. The smallest absolute Gasteiger partial charge is 0.258 e. The molecule has 0 fully saturated rings. The Balaban J connectivity index is 2.05. The van der Waals surface area contributed by atoms with E-state index in [1.54, 1.807) is 12.1 Å². The van der Waals surface area contributed by atoms with E-state index in [9.17, 15) is 9.90 Å². The highest BCUT2D eigenvalue weighted by Gasteiger charge is 2.04. The Bertz CT molecular complexity index is 793. The fraction of sp³-hybridized carbons (Fsp3) is 0.0667. The van der Waals surface area contributed by atoms with Crippen molar-refractivity contribution in [3.63, 3.8) is 0 Å². The molecule has 94 valence electrons. The van der Waals surface area contributed by atoms with Crippen LogP contribution in [0.25, 0.3) is 10.9 Å². The van der Waals surface area contributed by atoms with Crippen LogP contribution in [-0.2, 0) is 6.42 Å². The molecule has 0 amide bonds. The van der Waals surface area contributed by atoms with Crippen LogP contribution in [0.15, 0.2) is 53.6 Å². The van der Waals surface area contributed by atoms with Crippen molar-refractivity contribution in [2.45, 2.75) is 6.42 Å². The van der Waals surface area contributed by atoms with Crippen LogP contribution in [0.3, 0.4) is 0 Å². The van der Waals surface area contributed by atoms with Crippen LogP contribution in [-0.4, -0.2) is 15.1 Å². The second-order valence-electron chi connectivity index (χ2n) is 4.39. The molecule has 2 aromatic carbocycles. The highest BCUT2D eigenvalue weighted by molar-refractivity contribution is 5.78. The summed E-state index contributed by atoms with van der Waals surface area (Å²) in [6.07, 6.45) is 1.98. The molecular weight excluding hydrogens is 240 g/mol. The van der Waals surface area contributed by atoms with Gasteiger partial charge in [-0.3, -0.25) is 4.79 Å². The molecule has 0 spiro atoms. The van der Waals surface area contributed by atoms with Gasteiger partial charge in [0, 0.05) is 6.42 Å². The molecule has 0 saturated carbocycles. The Labute approximate surface area is 109 Å². The lowest BCUT2D eigenvalue weighted by molar-refractivity contribution is 0.469. The van der Waals surface area contributed by atoms with Crippen LogP contribution in [0.2, 0.25) is 0 Å². The van der Waals surface area contributed by atoms with Crippen molar-refractivity contribution >= 4 is 10.9 Å². The second kappa shape index (κ2) is 4.57. The first-order valence-corrected chi connectivity index (χ1v) is 5.97. The van der Waals surface area contributed by atoms with E-state index in [0.29, 0.717) is 17.3 Å². The van der Waals surface area contributed by atoms with Gasteiger partial charge in [0.15, 0.2) is 0 Å². The largest absolute Gasteiger partial charge is 0.508 e. The van der Waals surface area contributed by atoms with Gasteiger partial charge in [-0.15, -0.1) is 0 Å². The van der Waals surface area contributed by atoms with E-state index in [-0.39, 0.29) is 11.3 Å². The number of phenols is 1. The number of aromatic amines is 1. The van der Waals surface area contributed by atoms with Gasteiger partial charge >= 0.3 is 0 Å². The lowest BCUT2D eigenvalue weighted by Crippen LogP contribution is -2.06. The molecule has 3 aromatic rings.